The van der Waals surface area contributed by atoms with Gasteiger partial charge in [-0.2, -0.15) is 4.31 Å². The molecule has 0 spiro atoms. The molecule has 3 aromatic carbocycles. The third-order valence-electron chi connectivity index (χ3n) is 4.83. The molecule has 0 unspecified atom stereocenters. The summed E-state index contributed by atoms with van der Waals surface area (Å²) in [5.74, 6) is -0.258. The molecular formula is C24H26N2O3S. The number of amides is 1. The molecule has 0 bridgehead atoms. The van der Waals surface area contributed by atoms with Crippen molar-refractivity contribution in [2.24, 2.45) is 0 Å². The summed E-state index contributed by atoms with van der Waals surface area (Å²) in [6, 6.07) is 25.7. The number of carbonyl (C=O) groups is 1. The maximum atomic E-state index is 13.4. The van der Waals surface area contributed by atoms with Crippen molar-refractivity contribution in [3.63, 3.8) is 0 Å². The van der Waals surface area contributed by atoms with Gasteiger partial charge in [-0.05, 0) is 35.7 Å². The molecule has 0 aliphatic rings. The highest BCUT2D eigenvalue weighted by atomic mass is 32.2. The summed E-state index contributed by atoms with van der Waals surface area (Å²) in [6.45, 7) is 2.17. The molecule has 6 heteroatoms. The fourth-order valence-electron chi connectivity index (χ4n) is 3.15. The molecule has 0 N–H and O–H groups in total. The minimum atomic E-state index is -3.84. The van der Waals surface area contributed by atoms with Crippen LogP contribution in [0.25, 0.3) is 0 Å². The van der Waals surface area contributed by atoms with E-state index < -0.39 is 10.0 Å². The average Bonchev–Trinajstić information content (AvgIpc) is 2.74. The highest BCUT2D eigenvalue weighted by Crippen LogP contribution is 2.20. The van der Waals surface area contributed by atoms with Gasteiger partial charge in [0.15, 0.2) is 0 Å². The molecule has 0 aliphatic heterocycles. The number of rotatable bonds is 8. The van der Waals surface area contributed by atoms with E-state index in [9.17, 15) is 13.2 Å². The van der Waals surface area contributed by atoms with Crippen molar-refractivity contribution >= 4 is 15.9 Å². The van der Waals surface area contributed by atoms with Gasteiger partial charge in [-0.3, -0.25) is 4.79 Å². The summed E-state index contributed by atoms with van der Waals surface area (Å²) in [5.41, 5.74) is 2.67. The predicted octanol–water partition coefficient (Wildman–Crippen LogP) is 3.84. The largest absolute Gasteiger partial charge is 0.340 e. The lowest BCUT2D eigenvalue weighted by molar-refractivity contribution is -0.130. The topological polar surface area (TPSA) is 57.7 Å². The van der Waals surface area contributed by atoms with Crippen molar-refractivity contribution < 1.29 is 13.2 Å². The van der Waals surface area contributed by atoms with Gasteiger partial charge in [-0.15, -0.1) is 0 Å². The van der Waals surface area contributed by atoms with Gasteiger partial charge in [0.05, 0.1) is 11.4 Å². The van der Waals surface area contributed by atoms with Crippen molar-refractivity contribution in [1.82, 2.24) is 9.21 Å². The molecule has 0 aromatic heterocycles. The van der Waals surface area contributed by atoms with E-state index in [4.69, 9.17) is 0 Å². The Morgan fingerprint density at radius 2 is 1.37 bits per heavy atom. The summed E-state index contributed by atoms with van der Waals surface area (Å²) < 4.78 is 28.0. The zero-order valence-corrected chi connectivity index (χ0v) is 18.0. The Kier molecular flexibility index (Phi) is 7.03. The number of sulfonamides is 1. The molecule has 5 nitrogen and oxygen atoms in total. The summed E-state index contributed by atoms with van der Waals surface area (Å²) in [6.07, 6.45) is 0. The molecule has 0 aliphatic carbocycles. The van der Waals surface area contributed by atoms with Gasteiger partial charge < -0.3 is 4.90 Å². The second kappa shape index (κ2) is 9.69. The van der Waals surface area contributed by atoms with Gasteiger partial charge >= 0.3 is 0 Å². The van der Waals surface area contributed by atoms with Crippen molar-refractivity contribution in [2.45, 2.75) is 24.9 Å². The Bertz CT molecular complexity index is 1080. The number of aryl methyl sites for hydroxylation is 1. The lowest BCUT2D eigenvalue weighted by atomic mass is 10.2. The van der Waals surface area contributed by atoms with Gasteiger partial charge in [0, 0.05) is 20.1 Å². The molecule has 30 heavy (non-hydrogen) atoms. The van der Waals surface area contributed by atoms with Gasteiger partial charge in [0.1, 0.15) is 0 Å². The molecular weight excluding hydrogens is 396 g/mol. The lowest BCUT2D eigenvalue weighted by Crippen LogP contribution is -2.40. The highest BCUT2D eigenvalue weighted by Gasteiger charge is 2.28. The Hall–Kier alpha value is -2.96. The number of benzene rings is 3. The Morgan fingerprint density at radius 1 is 0.800 bits per heavy atom. The van der Waals surface area contributed by atoms with Gasteiger partial charge in [-0.25, -0.2) is 8.42 Å². The van der Waals surface area contributed by atoms with Crippen LogP contribution in [0.1, 0.15) is 16.7 Å². The second-order valence-electron chi connectivity index (χ2n) is 7.31. The number of hydrogen-bond acceptors (Lipinski definition) is 3. The maximum absolute atomic E-state index is 13.4. The van der Waals surface area contributed by atoms with E-state index in [1.165, 1.54) is 4.31 Å². The molecule has 0 heterocycles. The van der Waals surface area contributed by atoms with Crippen molar-refractivity contribution in [1.29, 1.82) is 0 Å². The Labute approximate surface area is 178 Å². The molecule has 0 fully saturated rings. The normalized spacial score (nSPS) is 11.4. The van der Waals surface area contributed by atoms with Crippen LogP contribution >= 0.6 is 0 Å². The third-order valence-corrected chi connectivity index (χ3v) is 6.62. The fourth-order valence-corrected chi connectivity index (χ4v) is 4.64. The SMILES string of the molecule is Cc1cccc(S(=O)(=O)N(CC(=O)N(C)Cc2ccccc2)Cc2ccccc2)c1. The molecule has 0 saturated heterocycles. The second-order valence-corrected chi connectivity index (χ2v) is 9.25. The minimum Gasteiger partial charge on any atom is -0.340 e. The van der Waals surface area contributed by atoms with E-state index in [0.717, 1.165) is 16.7 Å². The first kappa shape index (κ1) is 21.7. The number of hydrogen-bond donors (Lipinski definition) is 0. The van der Waals surface area contributed by atoms with Gasteiger partial charge in [0.25, 0.3) is 0 Å². The molecule has 0 radical (unpaired) electrons. The molecule has 156 valence electrons. The van der Waals surface area contributed by atoms with Crippen LogP contribution in [0, 0.1) is 6.92 Å². The predicted molar refractivity (Wildman–Crippen MR) is 118 cm³/mol. The van der Waals surface area contributed by atoms with Crippen LogP contribution in [0.5, 0.6) is 0 Å². The van der Waals surface area contributed by atoms with Crippen molar-refractivity contribution in [2.75, 3.05) is 13.6 Å². The van der Waals surface area contributed by atoms with Gasteiger partial charge in [-0.1, -0.05) is 72.8 Å². The third kappa shape index (κ3) is 5.55. The Morgan fingerprint density at radius 3 is 1.93 bits per heavy atom. The van der Waals surface area contributed by atoms with Crippen LogP contribution in [-0.4, -0.2) is 37.1 Å². The maximum Gasteiger partial charge on any atom is 0.243 e. The molecule has 3 aromatic rings. The number of carbonyl (C=O) groups excluding carboxylic acids is 1. The van der Waals surface area contributed by atoms with E-state index in [-0.39, 0.29) is 23.9 Å². The minimum absolute atomic E-state index is 0.127. The number of nitrogens with zero attached hydrogens (tertiary/aromatic N) is 2. The molecule has 0 atom stereocenters. The zero-order chi connectivity index (χ0) is 21.6. The van der Waals surface area contributed by atoms with Gasteiger partial charge in [0.2, 0.25) is 15.9 Å². The first-order valence-electron chi connectivity index (χ1n) is 9.75. The molecule has 1 amide bonds. The van der Waals surface area contributed by atoms with Crippen LogP contribution < -0.4 is 0 Å². The van der Waals surface area contributed by atoms with Crippen LogP contribution in [0.2, 0.25) is 0 Å². The molecule has 0 saturated carbocycles. The van der Waals surface area contributed by atoms with E-state index in [1.54, 1.807) is 30.1 Å². The number of likely N-dealkylation sites (N-methyl/N-ethyl adjacent to an activating group) is 1. The van der Waals surface area contributed by atoms with E-state index in [1.807, 2.05) is 73.7 Å². The highest BCUT2D eigenvalue weighted by molar-refractivity contribution is 7.89. The lowest BCUT2D eigenvalue weighted by Gasteiger charge is -2.25. The Balaban J connectivity index is 1.84. The standard InChI is InChI=1S/C24H26N2O3S/c1-20-10-9-15-23(16-20)30(28,29)26(18-22-13-7-4-8-14-22)19-24(27)25(2)17-21-11-5-3-6-12-21/h3-16H,17-19H2,1-2H3. The van der Waals surface area contributed by atoms with E-state index >= 15 is 0 Å². The summed E-state index contributed by atoms with van der Waals surface area (Å²) in [5, 5.41) is 0. The van der Waals surface area contributed by atoms with E-state index in [2.05, 4.69) is 0 Å². The zero-order valence-electron chi connectivity index (χ0n) is 17.2. The van der Waals surface area contributed by atoms with Crippen LogP contribution in [0.4, 0.5) is 0 Å². The quantitative estimate of drug-likeness (QED) is 0.554. The van der Waals surface area contributed by atoms with E-state index in [0.29, 0.717) is 6.54 Å². The first-order chi connectivity index (χ1) is 14.4. The monoisotopic (exact) mass is 422 g/mol. The first-order valence-corrected chi connectivity index (χ1v) is 11.2. The smallest absolute Gasteiger partial charge is 0.243 e. The van der Waals surface area contributed by atoms with Crippen LogP contribution in [-0.2, 0) is 27.9 Å². The summed E-state index contributed by atoms with van der Waals surface area (Å²) in [7, 11) is -2.15. The fraction of sp³-hybridized carbons (Fsp3) is 0.208. The summed E-state index contributed by atoms with van der Waals surface area (Å²) in [4.78, 5) is 14.7. The van der Waals surface area contributed by atoms with Crippen molar-refractivity contribution in [3.05, 3.63) is 102 Å². The van der Waals surface area contributed by atoms with Crippen molar-refractivity contribution in [3.8, 4) is 0 Å². The average molecular weight is 423 g/mol. The van der Waals surface area contributed by atoms with Crippen LogP contribution in [0.15, 0.2) is 89.8 Å². The van der Waals surface area contributed by atoms with Crippen LogP contribution in [0.3, 0.4) is 0 Å². The molecule has 3 rings (SSSR count). The summed E-state index contributed by atoms with van der Waals surface area (Å²) >= 11 is 0.